The SMILES string of the molecule is CCNCc1ccccc1Sc1ncccc1Cl. The minimum atomic E-state index is 0.695. The van der Waals surface area contributed by atoms with E-state index in [0.29, 0.717) is 5.02 Å². The number of halogens is 1. The molecule has 2 nitrogen and oxygen atoms in total. The molecule has 0 bridgehead atoms. The van der Waals surface area contributed by atoms with E-state index < -0.39 is 0 Å². The fourth-order valence-electron chi connectivity index (χ4n) is 1.56. The lowest BCUT2D eigenvalue weighted by molar-refractivity contribution is 0.718. The molecule has 1 aromatic carbocycles. The Balaban J connectivity index is 2.21. The molecule has 18 heavy (non-hydrogen) atoms. The molecule has 0 atom stereocenters. The van der Waals surface area contributed by atoms with Crippen LogP contribution in [0, 0.1) is 0 Å². The molecular formula is C14H15ClN2S. The Morgan fingerprint density at radius 3 is 2.83 bits per heavy atom. The van der Waals surface area contributed by atoms with Gasteiger partial charge in [0.05, 0.1) is 5.02 Å². The summed E-state index contributed by atoms with van der Waals surface area (Å²) in [7, 11) is 0. The quantitative estimate of drug-likeness (QED) is 0.895. The summed E-state index contributed by atoms with van der Waals surface area (Å²) >= 11 is 7.74. The highest BCUT2D eigenvalue weighted by Gasteiger charge is 2.07. The van der Waals surface area contributed by atoms with Crippen molar-refractivity contribution in [2.45, 2.75) is 23.4 Å². The number of nitrogens with one attached hydrogen (secondary N) is 1. The second-order valence-corrected chi connectivity index (χ2v) is 5.22. The van der Waals surface area contributed by atoms with Crippen molar-refractivity contribution >= 4 is 23.4 Å². The number of aromatic nitrogens is 1. The van der Waals surface area contributed by atoms with Gasteiger partial charge in [-0.2, -0.15) is 0 Å². The highest BCUT2D eigenvalue weighted by Crippen LogP contribution is 2.33. The molecule has 0 fully saturated rings. The van der Waals surface area contributed by atoms with Crippen LogP contribution in [-0.2, 0) is 6.54 Å². The molecule has 0 saturated heterocycles. The second kappa shape index (κ2) is 6.78. The van der Waals surface area contributed by atoms with E-state index >= 15 is 0 Å². The predicted octanol–water partition coefficient (Wildman–Crippen LogP) is 4.00. The Kier molecular flexibility index (Phi) is 5.05. The second-order valence-electron chi connectivity index (χ2n) is 3.78. The van der Waals surface area contributed by atoms with Gasteiger partial charge in [0.15, 0.2) is 0 Å². The maximum atomic E-state index is 6.13. The van der Waals surface area contributed by atoms with Crippen molar-refractivity contribution in [1.29, 1.82) is 0 Å². The molecule has 2 aromatic rings. The van der Waals surface area contributed by atoms with Crippen LogP contribution in [0.2, 0.25) is 5.02 Å². The molecule has 0 aliphatic heterocycles. The van der Waals surface area contributed by atoms with Crippen molar-refractivity contribution < 1.29 is 0 Å². The first kappa shape index (κ1) is 13.4. The van der Waals surface area contributed by atoms with Crippen LogP contribution in [0.3, 0.4) is 0 Å². The van der Waals surface area contributed by atoms with Gasteiger partial charge >= 0.3 is 0 Å². The van der Waals surface area contributed by atoms with Crippen LogP contribution in [0.5, 0.6) is 0 Å². The van der Waals surface area contributed by atoms with Gasteiger partial charge in [0, 0.05) is 17.6 Å². The molecule has 1 N–H and O–H groups in total. The predicted molar refractivity (Wildman–Crippen MR) is 77.2 cm³/mol. The average molecular weight is 279 g/mol. The van der Waals surface area contributed by atoms with Crippen LogP contribution in [0.15, 0.2) is 52.5 Å². The standard InChI is InChI=1S/C14H15ClN2S/c1-2-16-10-11-6-3-4-8-13(11)18-14-12(15)7-5-9-17-14/h3-9,16H,2,10H2,1H3. The van der Waals surface area contributed by atoms with Crippen LogP contribution in [0.4, 0.5) is 0 Å². The molecule has 0 unspecified atom stereocenters. The zero-order valence-corrected chi connectivity index (χ0v) is 11.8. The van der Waals surface area contributed by atoms with E-state index in [0.717, 1.165) is 18.1 Å². The third-order valence-electron chi connectivity index (χ3n) is 2.47. The summed E-state index contributed by atoms with van der Waals surface area (Å²) in [5, 5.41) is 4.88. The van der Waals surface area contributed by atoms with Gasteiger partial charge < -0.3 is 5.32 Å². The molecule has 0 spiro atoms. The maximum absolute atomic E-state index is 6.13. The zero-order valence-electron chi connectivity index (χ0n) is 10.2. The van der Waals surface area contributed by atoms with Crippen LogP contribution in [-0.4, -0.2) is 11.5 Å². The smallest absolute Gasteiger partial charge is 0.119 e. The van der Waals surface area contributed by atoms with E-state index in [1.54, 1.807) is 18.0 Å². The van der Waals surface area contributed by atoms with E-state index in [4.69, 9.17) is 11.6 Å². The van der Waals surface area contributed by atoms with Gasteiger partial charge in [-0.3, -0.25) is 0 Å². The van der Waals surface area contributed by atoms with E-state index in [9.17, 15) is 0 Å². The molecule has 94 valence electrons. The largest absolute Gasteiger partial charge is 0.313 e. The summed E-state index contributed by atoms with van der Waals surface area (Å²) in [5.74, 6) is 0. The van der Waals surface area contributed by atoms with Gasteiger partial charge in [0.25, 0.3) is 0 Å². The Labute approximate surface area is 117 Å². The van der Waals surface area contributed by atoms with Crippen molar-refractivity contribution in [2.24, 2.45) is 0 Å². The molecule has 1 heterocycles. The fourth-order valence-corrected chi connectivity index (χ4v) is 2.70. The third kappa shape index (κ3) is 3.48. The Bertz CT molecular complexity index is 517. The van der Waals surface area contributed by atoms with Crippen molar-refractivity contribution in [3.8, 4) is 0 Å². The fraction of sp³-hybridized carbons (Fsp3) is 0.214. The maximum Gasteiger partial charge on any atom is 0.119 e. The minimum Gasteiger partial charge on any atom is -0.313 e. The Morgan fingerprint density at radius 1 is 1.22 bits per heavy atom. The monoisotopic (exact) mass is 278 g/mol. The molecular weight excluding hydrogens is 264 g/mol. The highest BCUT2D eigenvalue weighted by atomic mass is 35.5. The van der Waals surface area contributed by atoms with E-state index in [-0.39, 0.29) is 0 Å². The van der Waals surface area contributed by atoms with Crippen LogP contribution < -0.4 is 5.32 Å². The molecule has 0 aliphatic carbocycles. The average Bonchev–Trinajstić information content (AvgIpc) is 2.40. The molecule has 0 aliphatic rings. The van der Waals surface area contributed by atoms with Gasteiger partial charge in [-0.05, 0) is 30.3 Å². The highest BCUT2D eigenvalue weighted by molar-refractivity contribution is 7.99. The topological polar surface area (TPSA) is 24.9 Å². The Morgan fingerprint density at radius 2 is 2.06 bits per heavy atom. The van der Waals surface area contributed by atoms with Crippen LogP contribution in [0.1, 0.15) is 12.5 Å². The van der Waals surface area contributed by atoms with Gasteiger partial charge in [-0.1, -0.05) is 48.5 Å². The van der Waals surface area contributed by atoms with Gasteiger partial charge in [0.1, 0.15) is 5.03 Å². The number of rotatable bonds is 5. The van der Waals surface area contributed by atoms with Gasteiger partial charge in [-0.15, -0.1) is 0 Å². The number of nitrogens with zero attached hydrogens (tertiary/aromatic N) is 1. The molecule has 0 radical (unpaired) electrons. The molecule has 4 heteroatoms. The lowest BCUT2D eigenvalue weighted by atomic mass is 10.2. The lowest BCUT2D eigenvalue weighted by Gasteiger charge is -2.09. The van der Waals surface area contributed by atoms with Gasteiger partial charge in [-0.25, -0.2) is 4.98 Å². The summed E-state index contributed by atoms with van der Waals surface area (Å²) < 4.78 is 0. The molecule has 0 amide bonds. The van der Waals surface area contributed by atoms with Crippen molar-refractivity contribution in [3.05, 3.63) is 53.2 Å². The zero-order chi connectivity index (χ0) is 12.8. The number of pyridine rings is 1. The van der Waals surface area contributed by atoms with Crippen LogP contribution in [0.25, 0.3) is 0 Å². The molecule has 0 saturated carbocycles. The van der Waals surface area contributed by atoms with Gasteiger partial charge in [0.2, 0.25) is 0 Å². The summed E-state index contributed by atoms with van der Waals surface area (Å²) in [6, 6.07) is 12.0. The summed E-state index contributed by atoms with van der Waals surface area (Å²) in [6.07, 6.45) is 1.76. The van der Waals surface area contributed by atoms with Crippen molar-refractivity contribution in [3.63, 3.8) is 0 Å². The number of benzene rings is 1. The lowest BCUT2D eigenvalue weighted by Crippen LogP contribution is -2.12. The number of hydrogen-bond acceptors (Lipinski definition) is 3. The van der Waals surface area contributed by atoms with E-state index in [1.165, 1.54) is 10.5 Å². The summed E-state index contributed by atoms with van der Waals surface area (Å²) in [5.41, 5.74) is 1.27. The summed E-state index contributed by atoms with van der Waals surface area (Å²) in [4.78, 5) is 5.50. The van der Waals surface area contributed by atoms with E-state index in [2.05, 4.69) is 35.4 Å². The molecule has 1 aromatic heterocycles. The molecule has 2 rings (SSSR count). The minimum absolute atomic E-state index is 0.695. The normalized spacial score (nSPS) is 10.6. The first-order chi connectivity index (χ1) is 8.81. The third-order valence-corrected chi connectivity index (χ3v) is 4.02. The van der Waals surface area contributed by atoms with Crippen molar-refractivity contribution in [2.75, 3.05) is 6.54 Å². The first-order valence-electron chi connectivity index (χ1n) is 5.88. The summed E-state index contributed by atoms with van der Waals surface area (Å²) in [6.45, 7) is 3.93. The number of hydrogen-bond donors (Lipinski definition) is 1. The first-order valence-corrected chi connectivity index (χ1v) is 7.07. The Hall–Kier alpha value is -1.03. The van der Waals surface area contributed by atoms with Crippen molar-refractivity contribution in [1.82, 2.24) is 10.3 Å². The van der Waals surface area contributed by atoms with Crippen LogP contribution >= 0.6 is 23.4 Å². The van der Waals surface area contributed by atoms with E-state index in [1.807, 2.05) is 18.2 Å².